The van der Waals surface area contributed by atoms with Gasteiger partial charge in [0.05, 0.1) is 19.2 Å². The van der Waals surface area contributed by atoms with Gasteiger partial charge in [-0.2, -0.15) is 0 Å². The van der Waals surface area contributed by atoms with Gasteiger partial charge in [-0.25, -0.2) is 0 Å². The molecule has 1 aromatic heterocycles. The van der Waals surface area contributed by atoms with Crippen LogP contribution in [0.5, 0.6) is 11.5 Å². The van der Waals surface area contributed by atoms with E-state index in [1.165, 1.54) is 14.2 Å². The van der Waals surface area contributed by atoms with Crippen LogP contribution in [0.15, 0.2) is 29.6 Å². The summed E-state index contributed by atoms with van der Waals surface area (Å²) < 4.78 is 10.3. The Kier molecular flexibility index (Phi) is 4.45. The average molecular weight is 297 g/mol. The fraction of sp³-hybridized carbons (Fsp3) is 0.214. The molecule has 0 unspecified atom stereocenters. The highest BCUT2D eigenvalue weighted by Gasteiger charge is 2.15. The average Bonchev–Trinajstić information content (AvgIpc) is 2.90. The highest BCUT2D eigenvalue weighted by Crippen LogP contribution is 2.36. The van der Waals surface area contributed by atoms with Gasteiger partial charge >= 0.3 is 0 Å². The summed E-state index contributed by atoms with van der Waals surface area (Å²) in [6.45, 7) is 0. The lowest BCUT2D eigenvalue weighted by atomic mass is 10.1. The molecule has 0 fully saturated rings. The van der Waals surface area contributed by atoms with Gasteiger partial charge in [-0.05, 0) is 23.6 Å². The first kappa shape index (κ1) is 13.9. The number of methoxy groups -OCH3 is 2. The summed E-state index contributed by atoms with van der Waals surface area (Å²) in [5, 5.41) is 2.32. The molecule has 1 heterocycles. The number of carbonyl (C=O) groups is 1. The van der Waals surface area contributed by atoms with Gasteiger partial charge in [0.25, 0.3) is 0 Å². The van der Waals surface area contributed by atoms with Gasteiger partial charge in [-0.1, -0.05) is 17.7 Å². The summed E-state index contributed by atoms with van der Waals surface area (Å²) in [6.07, 6.45) is 0.365. The summed E-state index contributed by atoms with van der Waals surface area (Å²) in [4.78, 5) is 13.2. The summed E-state index contributed by atoms with van der Waals surface area (Å²) in [6, 6.07) is 7.12. The molecule has 0 saturated carbocycles. The molecule has 0 aliphatic heterocycles. The predicted molar refractivity (Wildman–Crippen MR) is 76.9 cm³/mol. The fourth-order valence-electron chi connectivity index (χ4n) is 1.75. The van der Waals surface area contributed by atoms with Crippen LogP contribution >= 0.6 is 22.9 Å². The van der Waals surface area contributed by atoms with Gasteiger partial charge in [0.2, 0.25) is 0 Å². The zero-order valence-corrected chi connectivity index (χ0v) is 12.2. The molecule has 5 heteroatoms. The predicted octanol–water partition coefficient (Wildman–Crippen LogP) is 3.84. The lowest BCUT2D eigenvalue weighted by molar-refractivity contribution is 0.0993. The molecule has 0 bridgehead atoms. The van der Waals surface area contributed by atoms with Crippen LogP contribution in [0.2, 0.25) is 5.02 Å². The molecule has 0 amide bonds. The third-order valence-corrected chi connectivity index (χ3v) is 3.83. The van der Waals surface area contributed by atoms with Gasteiger partial charge in [-0.15, -0.1) is 11.3 Å². The molecule has 1 aromatic carbocycles. The lowest BCUT2D eigenvalue weighted by Crippen LogP contribution is -2.03. The maximum absolute atomic E-state index is 12.2. The van der Waals surface area contributed by atoms with Crippen molar-refractivity contribution in [3.05, 3.63) is 45.1 Å². The van der Waals surface area contributed by atoms with E-state index >= 15 is 0 Å². The minimum absolute atomic E-state index is 0.00491. The van der Waals surface area contributed by atoms with Crippen molar-refractivity contribution in [1.29, 1.82) is 0 Å². The van der Waals surface area contributed by atoms with Crippen molar-refractivity contribution in [1.82, 2.24) is 0 Å². The molecule has 2 rings (SSSR count). The second-order valence-corrected chi connectivity index (χ2v) is 5.31. The van der Waals surface area contributed by atoms with Gasteiger partial charge in [0.1, 0.15) is 0 Å². The van der Waals surface area contributed by atoms with Crippen molar-refractivity contribution in [3.63, 3.8) is 0 Å². The van der Waals surface area contributed by atoms with E-state index < -0.39 is 0 Å². The number of ether oxygens (including phenoxy) is 2. The fourth-order valence-corrected chi connectivity index (χ4v) is 2.74. The van der Waals surface area contributed by atoms with Crippen LogP contribution in [0.3, 0.4) is 0 Å². The molecule has 0 aliphatic carbocycles. The molecule has 0 spiro atoms. The maximum atomic E-state index is 12.2. The summed E-state index contributed by atoms with van der Waals surface area (Å²) in [5.74, 6) is 0.909. The highest BCUT2D eigenvalue weighted by atomic mass is 35.5. The van der Waals surface area contributed by atoms with Crippen molar-refractivity contribution in [2.75, 3.05) is 14.2 Å². The van der Waals surface area contributed by atoms with Crippen molar-refractivity contribution < 1.29 is 14.3 Å². The zero-order valence-electron chi connectivity index (χ0n) is 10.6. The number of thiophene rings is 1. The molecule has 0 N–H and O–H groups in total. The lowest BCUT2D eigenvalue weighted by Gasteiger charge is -2.11. The van der Waals surface area contributed by atoms with E-state index in [0.29, 0.717) is 28.5 Å². The van der Waals surface area contributed by atoms with E-state index in [1.807, 2.05) is 17.5 Å². The Hall–Kier alpha value is -1.52. The van der Waals surface area contributed by atoms with Crippen LogP contribution in [0.4, 0.5) is 0 Å². The number of halogens is 1. The number of hydrogen-bond donors (Lipinski definition) is 0. The summed E-state index contributed by atoms with van der Waals surface area (Å²) in [5.41, 5.74) is 0.524. The second kappa shape index (κ2) is 6.08. The van der Waals surface area contributed by atoms with E-state index in [9.17, 15) is 4.79 Å². The normalized spacial score (nSPS) is 10.3. The van der Waals surface area contributed by atoms with E-state index in [2.05, 4.69) is 0 Å². The van der Waals surface area contributed by atoms with Crippen molar-refractivity contribution in [2.24, 2.45) is 0 Å². The molecule has 100 valence electrons. The van der Waals surface area contributed by atoms with Crippen LogP contribution < -0.4 is 9.47 Å². The number of ketones is 1. The second-order valence-electron chi connectivity index (χ2n) is 3.87. The third kappa shape index (κ3) is 3.08. The van der Waals surface area contributed by atoms with Crippen LogP contribution in [-0.4, -0.2) is 20.0 Å². The molecular formula is C14H13ClO3S. The van der Waals surface area contributed by atoms with Crippen LogP contribution in [0.25, 0.3) is 0 Å². The van der Waals surface area contributed by atoms with Crippen molar-refractivity contribution in [2.45, 2.75) is 6.42 Å². The zero-order chi connectivity index (χ0) is 13.8. The number of rotatable bonds is 5. The standard InChI is InChI=1S/C14H13ClO3S/c1-17-13-7-9(6-11(15)14(13)18-2)12(16)8-10-4-3-5-19-10/h3-7H,8H2,1-2H3. The first-order chi connectivity index (χ1) is 9.15. The Labute approximate surface area is 120 Å². The SMILES string of the molecule is COc1cc(C(=O)Cc2cccs2)cc(Cl)c1OC. The summed E-state index contributed by atoms with van der Waals surface area (Å²) in [7, 11) is 3.03. The Morgan fingerprint density at radius 3 is 2.68 bits per heavy atom. The van der Waals surface area contributed by atoms with Gasteiger partial charge in [-0.3, -0.25) is 4.79 Å². The minimum Gasteiger partial charge on any atom is -0.493 e. The van der Waals surface area contributed by atoms with Crippen LogP contribution in [0.1, 0.15) is 15.2 Å². The first-order valence-electron chi connectivity index (χ1n) is 5.62. The Morgan fingerprint density at radius 1 is 1.32 bits per heavy atom. The van der Waals surface area contributed by atoms with Gasteiger partial charge in [0.15, 0.2) is 17.3 Å². The largest absolute Gasteiger partial charge is 0.493 e. The molecular weight excluding hydrogens is 284 g/mol. The smallest absolute Gasteiger partial charge is 0.179 e. The third-order valence-electron chi connectivity index (χ3n) is 2.67. The highest BCUT2D eigenvalue weighted by molar-refractivity contribution is 7.10. The van der Waals surface area contributed by atoms with E-state index in [-0.39, 0.29) is 5.78 Å². The van der Waals surface area contributed by atoms with Gasteiger partial charge in [0, 0.05) is 16.9 Å². The summed E-state index contributed by atoms with van der Waals surface area (Å²) >= 11 is 7.64. The molecule has 0 radical (unpaired) electrons. The van der Waals surface area contributed by atoms with Gasteiger partial charge < -0.3 is 9.47 Å². The molecule has 19 heavy (non-hydrogen) atoms. The van der Waals surface area contributed by atoms with Crippen LogP contribution in [0, 0.1) is 0 Å². The molecule has 0 saturated heterocycles. The Balaban J connectivity index is 2.29. The van der Waals surface area contributed by atoms with Crippen LogP contribution in [-0.2, 0) is 6.42 Å². The Morgan fingerprint density at radius 2 is 2.11 bits per heavy atom. The number of Topliss-reactive ketones (excluding diaryl/α,β-unsaturated/α-hetero) is 1. The van der Waals surface area contributed by atoms with E-state index in [0.717, 1.165) is 4.88 Å². The van der Waals surface area contributed by atoms with Crippen molar-refractivity contribution >= 4 is 28.7 Å². The topological polar surface area (TPSA) is 35.5 Å². The van der Waals surface area contributed by atoms with Crippen molar-refractivity contribution in [3.8, 4) is 11.5 Å². The quantitative estimate of drug-likeness (QED) is 0.786. The monoisotopic (exact) mass is 296 g/mol. The molecule has 2 aromatic rings. The number of carbonyl (C=O) groups excluding carboxylic acids is 1. The molecule has 0 atom stereocenters. The number of hydrogen-bond acceptors (Lipinski definition) is 4. The number of benzene rings is 1. The molecule has 0 aliphatic rings. The minimum atomic E-state index is 0.00491. The molecule has 3 nitrogen and oxygen atoms in total. The Bertz CT molecular complexity index is 579. The van der Waals surface area contributed by atoms with E-state index in [1.54, 1.807) is 23.5 Å². The van der Waals surface area contributed by atoms with E-state index in [4.69, 9.17) is 21.1 Å². The first-order valence-corrected chi connectivity index (χ1v) is 6.88. The maximum Gasteiger partial charge on any atom is 0.179 e.